The zero-order valence-electron chi connectivity index (χ0n) is 13.1. The molecule has 0 fully saturated rings. The number of aryl methyl sites for hydroxylation is 1. The van der Waals surface area contributed by atoms with Crippen molar-refractivity contribution in [2.75, 3.05) is 13.1 Å². The highest BCUT2D eigenvalue weighted by molar-refractivity contribution is 7.87. The lowest BCUT2D eigenvalue weighted by molar-refractivity contribution is 0.428. The molecule has 2 aromatic rings. The van der Waals surface area contributed by atoms with Crippen LogP contribution >= 0.6 is 0 Å². The van der Waals surface area contributed by atoms with Crippen LogP contribution in [0.25, 0.3) is 0 Å². The molecule has 1 atom stereocenters. The third-order valence-corrected chi connectivity index (χ3v) is 5.29. The molecule has 0 unspecified atom stereocenters. The van der Waals surface area contributed by atoms with Gasteiger partial charge in [0.15, 0.2) is 0 Å². The second kappa shape index (κ2) is 7.04. The molecule has 7 heteroatoms. The van der Waals surface area contributed by atoms with Gasteiger partial charge < -0.3 is 4.57 Å². The Morgan fingerprint density at radius 1 is 1.23 bits per heavy atom. The smallest absolute Gasteiger partial charge is 0.280 e. The second-order valence-corrected chi connectivity index (χ2v) is 6.65. The van der Waals surface area contributed by atoms with E-state index in [0.717, 1.165) is 5.56 Å². The van der Waals surface area contributed by atoms with Gasteiger partial charge in [-0.3, -0.25) is 0 Å². The number of benzene rings is 1. The third-order valence-electron chi connectivity index (χ3n) is 3.56. The summed E-state index contributed by atoms with van der Waals surface area (Å²) < 4.78 is 31.1. The van der Waals surface area contributed by atoms with Gasteiger partial charge in [-0.2, -0.15) is 17.4 Å². The van der Waals surface area contributed by atoms with Gasteiger partial charge in [-0.25, -0.2) is 4.98 Å². The third kappa shape index (κ3) is 3.55. The summed E-state index contributed by atoms with van der Waals surface area (Å²) in [5.41, 5.74) is 0.854. The molecule has 1 aromatic heterocycles. The molecule has 0 bridgehead atoms. The molecule has 0 amide bonds. The lowest BCUT2D eigenvalue weighted by Crippen LogP contribution is -2.43. The molecule has 0 aliphatic rings. The van der Waals surface area contributed by atoms with Crippen LogP contribution in [0.1, 0.15) is 31.3 Å². The zero-order chi connectivity index (χ0) is 16.2. The zero-order valence-corrected chi connectivity index (χ0v) is 13.9. The number of aromatic nitrogens is 2. The molecule has 0 saturated carbocycles. The van der Waals surface area contributed by atoms with Gasteiger partial charge >= 0.3 is 0 Å². The van der Waals surface area contributed by atoms with Gasteiger partial charge in [-0.15, -0.1) is 0 Å². The lowest BCUT2D eigenvalue weighted by Gasteiger charge is -2.24. The molecular formula is C15H22N4O2S. The summed E-state index contributed by atoms with van der Waals surface area (Å²) in [6.45, 7) is 4.49. The molecule has 0 saturated heterocycles. The summed E-state index contributed by atoms with van der Waals surface area (Å²) in [4.78, 5) is 4.31. The van der Waals surface area contributed by atoms with Crippen LogP contribution in [0.4, 0.5) is 0 Å². The summed E-state index contributed by atoms with van der Waals surface area (Å²) in [5, 5.41) is 0. The minimum Gasteiger partial charge on any atom is -0.336 e. The first kappa shape index (κ1) is 16.7. The fourth-order valence-corrected chi connectivity index (χ4v) is 3.73. The van der Waals surface area contributed by atoms with Crippen LogP contribution in [0.5, 0.6) is 0 Å². The highest BCUT2D eigenvalue weighted by Crippen LogP contribution is 2.21. The van der Waals surface area contributed by atoms with Crippen LogP contribution in [-0.2, 0) is 17.3 Å². The second-order valence-electron chi connectivity index (χ2n) is 4.95. The quantitative estimate of drug-likeness (QED) is 0.843. The van der Waals surface area contributed by atoms with E-state index >= 15 is 0 Å². The maximum atomic E-state index is 12.6. The van der Waals surface area contributed by atoms with Crippen molar-refractivity contribution in [2.24, 2.45) is 7.05 Å². The van der Waals surface area contributed by atoms with Crippen LogP contribution in [0.2, 0.25) is 0 Å². The predicted octanol–water partition coefficient (Wildman–Crippen LogP) is 1.69. The summed E-state index contributed by atoms with van der Waals surface area (Å²) >= 11 is 0. The summed E-state index contributed by atoms with van der Waals surface area (Å²) in [6, 6.07) is 8.94. The predicted molar refractivity (Wildman–Crippen MR) is 86.5 cm³/mol. The van der Waals surface area contributed by atoms with Gasteiger partial charge in [0.2, 0.25) is 0 Å². The average Bonchev–Trinajstić information content (AvgIpc) is 2.93. The molecule has 1 heterocycles. The minimum atomic E-state index is -3.58. The molecule has 0 radical (unpaired) electrons. The van der Waals surface area contributed by atoms with Crippen LogP contribution in [0.15, 0.2) is 42.7 Å². The standard InChI is InChI=1S/C15H22N4O2S/c1-4-19(5-2)22(20,21)17-14(13-9-7-6-8-10-13)15-16-11-12-18(15)3/h6-12,14,17H,4-5H2,1-3H3/t14-/m1/s1. The molecule has 6 nitrogen and oxygen atoms in total. The fraction of sp³-hybridized carbons (Fsp3) is 0.400. The molecule has 1 aromatic carbocycles. The van der Waals surface area contributed by atoms with Gasteiger partial charge in [-0.1, -0.05) is 44.2 Å². The van der Waals surface area contributed by atoms with Crippen molar-refractivity contribution < 1.29 is 8.42 Å². The first-order valence-electron chi connectivity index (χ1n) is 7.29. The topological polar surface area (TPSA) is 67.2 Å². The SMILES string of the molecule is CCN(CC)S(=O)(=O)N[C@H](c1ccccc1)c1nccn1C. The normalized spacial score (nSPS) is 13.5. The highest BCUT2D eigenvalue weighted by atomic mass is 32.2. The Morgan fingerprint density at radius 3 is 2.36 bits per heavy atom. The number of hydrogen-bond donors (Lipinski definition) is 1. The molecule has 1 N–H and O–H groups in total. The molecule has 120 valence electrons. The van der Waals surface area contributed by atoms with Gasteiger partial charge in [-0.05, 0) is 5.56 Å². The van der Waals surface area contributed by atoms with Crippen molar-refractivity contribution in [3.05, 3.63) is 54.1 Å². The van der Waals surface area contributed by atoms with Crippen LogP contribution in [0, 0.1) is 0 Å². The molecule has 0 aliphatic heterocycles. The van der Waals surface area contributed by atoms with E-state index < -0.39 is 16.3 Å². The minimum absolute atomic E-state index is 0.425. The van der Waals surface area contributed by atoms with E-state index in [0.29, 0.717) is 18.9 Å². The first-order valence-corrected chi connectivity index (χ1v) is 8.73. The fourth-order valence-electron chi connectivity index (χ4n) is 2.36. The summed E-state index contributed by atoms with van der Waals surface area (Å²) in [5.74, 6) is 0.655. The lowest BCUT2D eigenvalue weighted by atomic mass is 10.1. The largest absolute Gasteiger partial charge is 0.336 e. The van der Waals surface area contributed by atoms with E-state index in [2.05, 4.69) is 9.71 Å². The Labute approximate surface area is 132 Å². The van der Waals surface area contributed by atoms with E-state index in [9.17, 15) is 8.42 Å². The van der Waals surface area contributed by atoms with Crippen molar-refractivity contribution in [1.29, 1.82) is 0 Å². The average molecular weight is 322 g/mol. The first-order chi connectivity index (χ1) is 10.5. The van der Waals surface area contributed by atoms with E-state index in [1.807, 2.05) is 55.8 Å². The number of nitrogens with zero attached hydrogens (tertiary/aromatic N) is 3. The summed E-state index contributed by atoms with van der Waals surface area (Å²) in [6.07, 6.45) is 3.47. The highest BCUT2D eigenvalue weighted by Gasteiger charge is 2.27. The Balaban J connectivity index is 2.41. The maximum Gasteiger partial charge on any atom is 0.280 e. The van der Waals surface area contributed by atoms with Crippen LogP contribution < -0.4 is 4.72 Å². The summed E-state index contributed by atoms with van der Waals surface area (Å²) in [7, 11) is -1.73. The Morgan fingerprint density at radius 2 is 1.86 bits per heavy atom. The monoisotopic (exact) mass is 322 g/mol. The Bertz CT molecular complexity index is 693. The van der Waals surface area contributed by atoms with Crippen LogP contribution in [0.3, 0.4) is 0 Å². The van der Waals surface area contributed by atoms with Crippen molar-refractivity contribution in [3.8, 4) is 0 Å². The number of imidazole rings is 1. The van der Waals surface area contributed by atoms with Gasteiger partial charge in [0.05, 0.1) is 0 Å². The van der Waals surface area contributed by atoms with Crippen molar-refractivity contribution in [3.63, 3.8) is 0 Å². The van der Waals surface area contributed by atoms with E-state index in [-0.39, 0.29) is 0 Å². The van der Waals surface area contributed by atoms with Crippen LogP contribution in [-0.4, -0.2) is 35.4 Å². The van der Waals surface area contributed by atoms with E-state index in [1.54, 1.807) is 12.4 Å². The maximum absolute atomic E-state index is 12.6. The molecular weight excluding hydrogens is 300 g/mol. The van der Waals surface area contributed by atoms with E-state index in [1.165, 1.54) is 4.31 Å². The van der Waals surface area contributed by atoms with E-state index in [4.69, 9.17) is 0 Å². The van der Waals surface area contributed by atoms with Crippen molar-refractivity contribution in [2.45, 2.75) is 19.9 Å². The molecule has 0 aliphatic carbocycles. The molecule has 0 spiro atoms. The molecule has 2 rings (SSSR count). The Hall–Kier alpha value is -1.70. The number of nitrogens with one attached hydrogen (secondary N) is 1. The molecule has 22 heavy (non-hydrogen) atoms. The van der Waals surface area contributed by atoms with Gasteiger partial charge in [0.1, 0.15) is 11.9 Å². The van der Waals surface area contributed by atoms with Gasteiger partial charge in [0, 0.05) is 32.5 Å². The Kier molecular flexibility index (Phi) is 5.33. The van der Waals surface area contributed by atoms with Crippen molar-refractivity contribution in [1.82, 2.24) is 18.6 Å². The van der Waals surface area contributed by atoms with Crippen molar-refractivity contribution >= 4 is 10.2 Å². The number of rotatable bonds is 7. The number of hydrogen-bond acceptors (Lipinski definition) is 3. The van der Waals surface area contributed by atoms with Gasteiger partial charge in [0.25, 0.3) is 10.2 Å².